The molecule has 0 amide bonds. The fourth-order valence-electron chi connectivity index (χ4n) is 0. The van der Waals surface area contributed by atoms with E-state index in [-0.39, 0.29) is 11.0 Å². The molecule has 13 heteroatoms. The van der Waals surface area contributed by atoms with Crippen molar-refractivity contribution in [3.05, 3.63) is 0 Å². The standard InChI is InChI=1S/F6Si.2H4NO.2H2O/c1-7(2,3,4,5)6;2*1-2;;/h;2*2H,1H3;2*1H2/q-2;2*+1;;. The smallest absolute Gasteiger partial charge is 0.216 e. The second-order valence-electron chi connectivity index (χ2n) is 1.07. The molecule has 0 saturated carbocycles. The normalized spacial score (nSPS) is 13.4. The molecule has 0 bridgehead atoms. The van der Waals surface area contributed by atoms with Crippen LogP contribution in [0.2, 0.25) is 0 Å². The summed E-state index contributed by atoms with van der Waals surface area (Å²) in [6.45, 7) is 0. The van der Waals surface area contributed by atoms with Crippen molar-refractivity contribution in [1.82, 2.24) is 0 Å². The van der Waals surface area contributed by atoms with Gasteiger partial charge in [0.25, 0.3) is 0 Å². The summed E-state index contributed by atoms with van der Waals surface area (Å²) in [6, 6.07) is 0. The maximum absolute atomic E-state index is 10.8. The van der Waals surface area contributed by atoms with E-state index >= 15 is 0 Å². The molecule has 92 valence electrons. The van der Waals surface area contributed by atoms with E-state index < -0.39 is 8.63 Å². The van der Waals surface area contributed by atoms with Gasteiger partial charge in [0.2, 0.25) is 0 Å². The van der Waals surface area contributed by atoms with Crippen LogP contribution in [0.25, 0.3) is 0 Å². The van der Waals surface area contributed by atoms with Crippen molar-refractivity contribution < 1.29 is 57.8 Å². The number of hydrogen-bond donors (Lipinski definition) is 4. The summed E-state index contributed by atoms with van der Waals surface area (Å²) in [7, 11) is -10.8. The third-order valence-electron chi connectivity index (χ3n) is 0. The van der Waals surface area contributed by atoms with E-state index in [9.17, 15) is 24.6 Å². The molecule has 0 aromatic carbocycles. The van der Waals surface area contributed by atoms with E-state index in [0.717, 1.165) is 0 Å². The van der Waals surface area contributed by atoms with E-state index in [0.29, 0.717) is 0 Å². The number of quaternary nitrogens is 2. The maximum Gasteiger partial charge on any atom is -0.216 e. The summed E-state index contributed by atoms with van der Waals surface area (Å²) in [6.07, 6.45) is 0. The van der Waals surface area contributed by atoms with Crippen LogP contribution in [0.15, 0.2) is 0 Å². The van der Waals surface area contributed by atoms with E-state index in [1.54, 1.807) is 0 Å². The first-order valence-corrected chi connectivity index (χ1v) is 4.03. The molecular formula is H12F6N2O4Si. The fourth-order valence-corrected chi connectivity index (χ4v) is 0. The minimum absolute atomic E-state index is 0. The zero-order valence-electron chi connectivity index (χ0n) is 6.08. The second kappa shape index (κ2) is 6.08. The van der Waals surface area contributed by atoms with Gasteiger partial charge in [-0.2, -0.15) is 0 Å². The molecule has 0 atom stereocenters. The fraction of sp³-hybridized carbons (Fsp3) is 0. The molecule has 0 aliphatic heterocycles. The average molecular weight is 246 g/mol. The molecule has 0 aliphatic carbocycles. The first-order chi connectivity index (χ1) is 4.45. The molecule has 0 aromatic heterocycles. The van der Waals surface area contributed by atoms with Crippen LogP contribution in [0.3, 0.4) is 0 Å². The van der Waals surface area contributed by atoms with Gasteiger partial charge in [-0.3, -0.25) is 0 Å². The monoisotopic (exact) mass is 246 g/mol. The summed E-state index contributed by atoms with van der Waals surface area (Å²) in [5.74, 6) is 4.50. The van der Waals surface area contributed by atoms with Gasteiger partial charge in [-0.25, -0.2) is 22.2 Å². The molecule has 12 N–H and O–H groups in total. The molecular weight excluding hydrogens is 234 g/mol. The van der Waals surface area contributed by atoms with Gasteiger partial charge in [0.05, 0.1) is 0 Å². The van der Waals surface area contributed by atoms with Crippen LogP contribution in [0.1, 0.15) is 0 Å². The van der Waals surface area contributed by atoms with E-state index in [1.807, 2.05) is 0 Å². The van der Waals surface area contributed by atoms with Crippen LogP contribution in [0.5, 0.6) is 0 Å². The predicted molar refractivity (Wildman–Crippen MR) is 29.0 cm³/mol. The van der Waals surface area contributed by atoms with E-state index in [4.69, 9.17) is 10.4 Å². The van der Waals surface area contributed by atoms with Crippen molar-refractivity contribution in [3.8, 4) is 0 Å². The number of rotatable bonds is 0. The van der Waals surface area contributed by atoms with Gasteiger partial charge in [0.15, 0.2) is 0 Å². The van der Waals surface area contributed by atoms with Crippen LogP contribution < -0.4 is 11.8 Å². The third-order valence-corrected chi connectivity index (χ3v) is 0. The summed E-state index contributed by atoms with van der Waals surface area (Å²) in [4.78, 5) is 0. The third kappa shape index (κ3) is 5380. The molecule has 0 unspecified atom stereocenters. The van der Waals surface area contributed by atoms with Crippen LogP contribution in [0, 0.1) is 0 Å². The van der Waals surface area contributed by atoms with Crippen LogP contribution in [0.4, 0.5) is 24.6 Å². The Balaban J connectivity index is -0.0000000315. The Hall–Kier alpha value is -0.443. The van der Waals surface area contributed by atoms with Crippen molar-refractivity contribution in [2.45, 2.75) is 0 Å². The van der Waals surface area contributed by atoms with Gasteiger partial charge in [-0.15, -0.1) is 0 Å². The van der Waals surface area contributed by atoms with Gasteiger partial charge in [-0.1, -0.05) is 0 Å². The number of hydrogen-bond acceptors (Lipinski definition) is 2. The van der Waals surface area contributed by atoms with Gasteiger partial charge in [0, 0.05) is 0 Å². The number of halogens is 6. The molecule has 0 saturated heterocycles. The Kier molecular flexibility index (Phi) is 13.7. The largest absolute Gasteiger partial charge is 0.412 e. The molecule has 6 nitrogen and oxygen atoms in total. The van der Waals surface area contributed by atoms with Crippen molar-refractivity contribution >= 4 is 8.63 Å². The Labute approximate surface area is 67.7 Å². The van der Waals surface area contributed by atoms with Crippen LogP contribution in [-0.4, -0.2) is 30.0 Å². The summed E-state index contributed by atoms with van der Waals surface area (Å²) in [5, 5.41) is 13.5. The first kappa shape index (κ1) is 29.4. The zero-order chi connectivity index (χ0) is 10.4. The topological polar surface area (TPSA) is 159 Å². The first-order valence-electron chi connectivity index (χ1n) is 1.77. The van der Waals surface area contributed by atoms with E-state index in [1.165, 1.54) is 0 Å². The molecule has 0 rings (SSSR count). The SMILES string of the molecule is F[Si-2](F)(F)(F)(F)F.O.O.[NH3+]O.[NH3+]O. The quantitative estimate of drug-likeness (QED) is 0.164. The molecule has 0 spiro atoms. The minimum Gasteiger partial charge on any atom is -0.412 e. The summed E-state index contributed by atoms with van der Waals surface area (Å²) >= 11 is 0. The minimum atomic E-state index is -10.8. The van der Waals surface area contributed by atoms with Crippen molar-refractivity contribution in [1.29, 1.82) is 0 Å². The average Bonchev–Trinajstić information content (AvgIpc) is 1.68. The molecule has 0 aliphatic rings. The summed E-state index contributed by atoms with van der Waals surface area (Å²) < 4.78 is 59.3. The Morgan fingerprint density at radius 3 is 0.615 bits per heavy atom. The second-order valence-corrected chi connectivity index (χ2v) is 3.21. The Morgan fingerprint density at radius 2 is 0.615 bits per heavy atom. The Morgan fingerprint density at radius 1 is 0.615 bits per heavy atom. The van der Waals surface area contributed by atoms with Crippen LogP contribution >= 0.6 is 0 Å². The molecule has 13 heavy (non-hydrogen) atoms. The molecule has 0 fully saturated rings. The predicted octanol–water partition coefficient (Wildman–Crippen LogP) is -2.27. The molecule has 0 heterocycles. The van der Waals surface area contributed by atoms with Crippen molar-refractivity contribution in [2.24, 2.45) is 0 Å². The molecule has 0 aromatic rings. The van der Waals surface area contributed by atoms with Gasteiger partial charge in [0.1, 0.15) is 0 Å². The zero-order valence-corrected chi connectivity index (χ0v) is 7.08. The Bertz CT molecular complexity index is 81.2. The van der Waals surface area contributed by atoms with Gasteiger partial charge < -0.3 is 11.0 Å². The van der Waals surface area contributed by atoms with Gasteiger partial charge in [-0.05, 0) is 0 Å². The van der Waals surface area contributed by atoms with Gasteiger partial charge >= 0.3 is 33.3 Å². The molecule has 0 radical (unpaired) electrons. The van der Waals surface area contributed by atoms with E-state index in [2.05, 4.69) is 11.8 Å². The van der Waals surface area contributed by atoms with Crippen LogP contribution in [-0.2, 0) is 0 Å². The maximum atomic E-state index is 9.88. The van der Waals surface area contributed by atoms with Crippen molar-refractivity contribution in [3.63, 3.8) is 0 Å². The van der Waals surface area contributed by atoms with Crippen molar-refractivity contribution in [2.75, 3.05) is 0 Å². The summed E-state index contributed by atoms with van der Waals surface area (Å²) in [5.41, 5.74) is 0.